The smallest absolute Gasteiger partial charge is 0.223 e. The van der Waals surface area contributed by atoms with Crippen LogP contribution in [0, 0.1) is 5.92 Å². The van der Waals surface area contributed by atoms with Gasteiger partial charge in [-0.05, 0) is 26.2 Å². The van der Waals surface area contributed by atoms with E-state index in [4.69, 9.17) is 0 Å². The number of carbonyl (C=O) groups excluding carboxylic acids is 1. The molecule has 86 valence electrons. The average Bonchev–Trinajstić information content (AvgIpc) is 2.83. The van der Waals surface area contributed by atoms with Gasteiger partial charge in [0.1, 0.15) is 0 Å². The molecule has 2 N–H and O–H groups in total. The molecule has 0 aliphatic heterocycles. The van der Waals surface area contributed by atoms with Crippen molar-refractivity contribution in [3.63, 3.8) is 0 Å². The van der Waals surface area contributed by atoms with E-state index in [0.717, 1.165) is 24.8 Å². The molecular weight excluding hydrogens is 202 g/mol. The summed E-state index contributed by atoms with van der Waals surface area (Å²) in [7, 11) is 0. The van der Waals surface area contributed by atoms with Gasteiger partial charge in [-0.3, -0.25) is 9.89 Å². The monoisotopic (exact) mass is 219 g/mol. The van der Waals surface area contributed by atoms with Gasteiger partial charge in [0.15, 0.2) is 0 Å². The Morgan fingerprint density at radius 2 is 2.50 bits per heavy atom. The Hall–Kier alpha value is -1.58. The van der Waals surface area contributed by atoms with Crippen molar-refractivity contribution in [1.29, 1.82) is 0 Å². The summed E-state index contributed by atoms with van der Waals surface area (Å²) in [6.07, 6.45) is 10.6. The van der Waals surface area contributed by atoms with Crippen LogP contribution in [-0.2, 0) is 4.79 Å². The standard InChI is InChI=1S/C12H17N3O/c1-9(11-7-13-14-8-11)15-12(16)10-5-3-2-4-6-10/h2-3,7-10H,4-6H2,1H3,(H,13,14)(H,15,16). The van der Waals surface area contributed by atoms with Crippen LogP contribution in [0.15, 0.2) is 24.5 Å². The summed E-state index contributed by atoms with van der Waals surface area (Å²) in [5.74, 6) is 0.289. The van der Waals surface area contributed by atoms with Crippen molar-refractivity contribution in [3.05, 3.63) is 30.1 Å². The molecule has 2 unspecified atom stereocenters. The SMILES string of the molecule is CC(NC(=O)C1CC=CCC1)c1cn[nH]c1. The zero-order valence-corrected chi connectivity index (χ0v) is 9.44. The fourth-order valence-corrected chi connectivity index (χ4v) is 1.94. The number of aromatic amines is 1. The number of nitrogens with one attached hydrogen (secondary N) is 2. The zero-order valence-electron chi connectivity index (χ0n) is 9.44. The third-order valence-electron chi connectivity index (χ3n) is 3.02. The highest BCUT2D eigenvalue weighted by Crippen LogP contribution is 2.19. The summed E-state index contributed by atoms with van der Waals surface area (Å²) in [6, 6.07) is 0.0251. The maximum absolute atomic E-state index is 11.9. The Bertz CT molecular complexity index is 370. The first-order valence-corrected chi connectivity index (χ1v) is 5.71. The van der Waals surface area contributed by atoms with E-state index in [1.807, 2.05) is 13.1 Å². The quantitative estimate of drug-likeness (QED) is 0.763. The highest BCUT2D eigenvalue weighted by molar-refractivity contribution is 5.79. The number of hydrogen-bond acceptors (Lipinski definition) is 2. The minimum Gasteiger partial charge on any atom is -0.349 e. The molecule has 0 spiro atoms. The second-order valence-electron chi connectivity index (χ2n) is 4.24. The van der Waals surface area contributed by atoms with E-state index in [-0.39, 0.29) is 17.9 Å². The van der Waals surface area contributed by atoms with Gasteiger partial charge in [0.2, 0.25) is 5.91 Å². The van der Waals surface area contributed by atoms with E-state index in [0.29, 0.717) is 0 Å². The van der Waals surface area contributed by atoms with Crippen molar-refractivity contribution in [2.45, 2.75) is 32.2 Å². The molecule has 1 aliphatic rings. The predicted molar refractivity (Wildman–Crippen MR) is 61.6 cm³/mol. The normalized spacial score (nSPS) is 21.7. The Balaban J connectivity index is 1.89. The minimum atomic E-state index is 0.0251. The lowest BCUT2D eigenvalue weighted by atomic mass is 9.93. The summed E-state index contributed by atoms with van der Waals surface area (Å²) >= 11 is 0. The van der Waals surface area contributed by atoms with E-state index in [9.17, 15) is 4.79 Å². The number of amides is 1. The van der Waals surface area contributed by atoms with Crippen molar-refractivity contribution in [3.8, 4) is 0 Å². The summed E-state index contributed by atoms with van der Waals surface area (Å²) in [6.45, 7) is 1.97. The van der Waals surface area contributed by atoms with Gasteiger partial charge >= 0.3 is 0 Å². The highest BCUT2D eigenvalue weighted by Gasteiger charge is 2.20. The predicted octanol–water partition coefficient (Wildman–Crippen LogP) is 1.94. The van der Waals surface area contributed by atoms with Crippen LogP contribution in [-0.4, -0.2) is 16.1 Å². The number of hydrogen-bond donors (Lipinski definition) is 2. The van der Waals surface area contributed by atoms with Crippen LogP contribution in [0.2, 0.25) is 0 Å². The largest absolute Gasteiger partial charge is 0.349 e. The van der Waals surface area contributed by atoms with Crippen LogP contribution in [0.5, 0.6) is 0 Å². The molecule has 2 rings (SSSR count). The number of aromatic nitrogens is 2. The zero-order chi connectivity index (χ0) is 11.4. The Morgan fingerprint density at radius 1 is 1.62 bits per heavy atom. The molecule has 1 aromatic rings. The first-order valence-electron chi connectivity index (χ1n) is 5.71. The molecule has 0 saturated heterocycles. The molecule has 1 aliphatic carbocycles. The van der Waals surface area contributed by atoms with Crippen LogP contribution >= 0.6 is 0 Å². The molecule has 0 radical (unpaired) electrons. The fourth-order valence-electron chi connectivity index (χ4n) is 1.94. The van der Waals surface area contributed by atoms with Crippen molar-refractivity contribution in [1.82, 2.24) is 15.5 Å². The fraction of sp³-hybridized carbons (Fsp3) is 0.500. The number of nitrogens with zero attached hydrogens (tertiary/aromatic N) is 1. The molecule has 1 aromatic heterocycles. The van der Waals surface area contributed by atoms with Gasteiger partial charge in [-0.2, -0.15) is 5.10 Å². The van der Waals surface area contributed by atoms with Crippen LogP contribution < -0.4 is 5.32 Å². The first kappa shape index (κ1) is 10.9. The lowest BCUT2D eigenvalue weighted by molar-refractivity contribution is -0.125. The average molecular weight is 219 g/mol. The van der Waals surface area contributed by atoms with Gasteiger partial charge in [-0.25, -0.2) is 0 Å². The Labute approximate surface area is 95.1 Å². The number of carbonyl (C=O) groups is 1. The molecule has 0 saturated carbocycles. The van der Waals surface area contributed by atoms with Crippen LogP contribution in [0.3, 0.4) is 0 Å². The van der Waals surface area contributed by atoms with Gasteiger partial charge in [-0.1, -0.05) is 12.2 Å². The number of H-pyrrole nitrogens is 1. The molecule has 4 nitrogen and oxygen atoms in total. The maximum Gasteiger partial charge on any atom is 0.223 e. The topological polar surface area (TPSA) is 57.8 Å². The summed E-state index contributed by atoms with van der Waals surface area (Å²) in [4.78, 5) is 11.9. The Kier molecular flexibility index (Phi) is 3.39. The van der Waals surface area contributed by atoms with Gasteiger partial charge in [0.05, 0.1) is 12.2 Å². The molecule has 16 heavy (non-hydrogen) atoms. The molecule has 0 bridgehead atoms. The van der Waals surface area contributed by atoms with Crippen LogP contribution in [0.4, 0.5) is 0 Å². The van der Waals surface area contributed by atoms with Crippen molar-refractivity contribution in [2.24, 2.45) is 5.92 Å². The summed E-state index contributed by atoms with van der Waals surface area (Å²) in [5.41, 5.74) is 1.01. The highest BCUT2D eigenvalue weighted by atomic mass is 16.1. The summed E-state index contributed by atoms with van der Waals surface area (Å²) < 4.78 is 0. The molecule has 4 heteroatoms. The van der Waals surface area contributed by atoms with E-state index in [1.165, 1.54) is 0 Å². The maximum atomic E-state index is 11.9. The van der Waals surface area contributed by atoms with Crippen LogP contribution in [0.25, 0.3) is 0 Å². The van der Waals surface area contributed by atoms with Crippen molar-refractivity contribution < 1.29 is 4.79 Å². The summed E-state index contributed by atoms with van der Waals surface area (Å²) in [5, 5.41) is 9.65. The molecule has 0 fully saturated rings. The van der Waals surface area contributed by atoms with E-state index in [2.05, 4.69) is 27.7 Å². The minimum absolute atomic E-state index is 0.0251. The Morgan fingerprint density at radius 3 is 3.12 bits per heavy atom. The van der Waals surface area contributed by atoms with Crippen LogP contribution in [0.1, 0.15) is 37.8 Å². The molecule has 2 atom stereocenters. The lowest BCUT2D eigenvalue weighted by Gasteiger charge is -2.20. The molecular formula is C12H17N3O. The van der Waals surface area contributed by atoms with E-state index >= 15 is 0 Å². The van der Waals surface area contributed by atoms with E-state index in [1.54, 1.807) is 6.20 Å². The molecule has 1 heterocycles. The lowest BCUT2D eigenvalue weighted by Crippen LogP contribution is -2.33. The van der Waals surface area contributed by atoms with Crippen molar-refractivity contribution in [2.75, 3.05) is 0 Å². The van der Waals surface area contributed by atoms with Gasteiger partial charge < -0.3 is 5.32 Å². The number of rotatable bonds is 3. The third-order valence-corrected chi connectivity index (χ3v) is 3.02. The molecule has 1 amide bonds. The van der Waals surface area contributed by atoms with Gasteiger partial charge in [-0.15, -0.1) is 0 Å². The van der Waals surface area contributed by atoms with Gasteiger partial charge in [0.25, 0.3) is 0 Å². The molecule has 0 aromatic carbocycles. The van der Waals surface area contributed by atoms with E-state index < -0.39 is 0 Å². The van der Waals surface area contributed by atoms with Gasteiger partial charge in [0, 0.05) is 17.7 Å². The second kappa shape index (κ2) is 4.96. The third kappa shape index (κ3) is 2.51. The first-order chi connectivity index (χ1) is 7.77. The van der Waals surface area contributed by atoms with Crippen molar-refractivity contribution >= 4 is 5.91 Å². The number of allylic oxidation sites excluding steroid dienone is 2. The second-order valence-corrected chi connectivity index (χ2v) is 4.24.